The first-order chi connectivity index (χ1) is 13.5. The number of phenolic OH excluding ortho intramolecular Hbond substituents is 1. The first-order valence-electron chi connectivity index (χ1n) is 9.13. The van der Waals surface area contributed by atoms with Gasteiger partial charge in [0.2, 0.25) is 5.91 Å². The van der Waals surface area contributed by atoms with E-state index in [0.29, 0.717) is 11.1 Å². The van der Waals surface area contributed by atoms with Gasteiger partial charge in [-0.2, -0.15) is 0 Å². The van der Waals surface area contributed by atoms with E-state index in [0.717, 1.165) is 16.7 Å². The molecule has 0 heterocycles. The lowest BCUT2D eigenvalue weighted by atomic mass is 9.94. The standard InChI is InChI=1S/C24H24N2O2/c1-3-18-13-14-20(24(28)22(18)25)23(19-11-9-16(2)10-12-19)26-21(27)15-17-7-5-4-6-8-17/h3-14,23,28H,1,15,25H2,2H3,(H,26,27). The van der Waals surface area contributed by atoms with E-state index < -0.39 is 6.04 Å². The van der Waals surface area contributed by atoms with E-state index in [9.17, 15) is 9.90 Å². The van der Waals surface area contributed by atoms with Crippen molar-refractivity contribution in [2.24, 2.45) is 0 Å². The lowest BCUT2D eigenvalue weighted by Gasteiger charge is -2.22. The van der Waals surface area contributed by atoms with E-state index in [1.807, 2.05) is 61.5 Å². The Morgan fingerprint density at radius 3 is 2.43 bits per heavy atom. The largest absolute Gasteiger partial charge is 0.505 e. The molecule has 0 aromatic heterocycles. The second kappa shape index (κ2) is 8.44. The van der Waals surface area contributed by atoms with Crippen LogP contribution in [-0.2, 0) is 11.2 Å². The minimum atomic E-state index is -0.516. The Bertz CT molecular complexity index is 979. The molecule has 3 rings (SSSR count). The molecule has 0 radical (unpaired) electrons. The van der Waals surface area contributed by atoms with Crippen LogP contribution in [-0.4, -0.2) is 11.0 Å². The highest BCUT2D eigenvalue weighted by atomic mass is 16.3. The highest BCUT2D eigenvalue weighted by molar-refractivity contribution is 5.80. The van der Waals surface area contributed by atoms with Crippen LogP contribution in [0.5, 0.6) is 5.75 Å². The Morgan fingerprint density at radius 1 is 1.11 bits per heavy atom. The lowest BCUT2D eigenvalue weighted by Crippen LogP contribution is -2.30. The van der Waals surface area contributed by atoms with Crippen LogP contribution in [0.25, 0.3) is 6.08 Å². The Kier molecular flexibility index (Phi) is 5.80. The van der Waals surface area contributed by atoms with Crippen LogP contribution in [0.3, 0.4) is 0 Å². The molecule has 0 saturated heterocycles. The first-order valence-corrected chi connectivity index (χ1v) is 9.13. The SMILES string of the molecule is C=Cc1ccc(C(NC(=O)Cc2ccccc2)c2ccc(C)cc2)c(O)c1N. The zero-order valence-electron chi connectivity index (χ0n) is 15.9. The Hall–Kier alpha value is -3.53. The summed E-state index contributed by atoms with van der Waals surface area (Å²) in [5.41, 5.74) is 10.4. The third-order valence-electron chi connectivity index (χ3n) is 4.74. The van der Waals surface area contributed by atoms with Crippen LogP contribution >= 0.6 is 0 Å². The predicted octanol–water partition coefficient (Wildman–Crippen LogP) is 4.37. The third-order valence-corrected chi connectivity index (χ3v) is 4.74. The van der Waals surface area contributed by atoms with Gasteiger partial charge in [-0.3, -0.25) is 4.79 Å². The van der Waals surface area contributed by atoms with Gasteiger partial charge in [0.15, 0.2) is 0 Å². The van der Waals surface area contributed by atoms with Crippen LogP contribution in [0.4, 0.5) is 5.69 Å². The van der Waals surface area contributed by atoms with E-state index in [1.54, 1.807) is 18.2 Å². The van der Waals surface area contributed by atoms with Gasteiger partial charge in [-0.15, -0.1) is 0 Å². The number of aromatic hydroxyl groups is 1. The molecule has 1 unspecified atom stereocenters. The average Bonchev–Trinajstić information content (AvgIpc) is 2.70. The van der Waals surface area contributed by atoms with Gasteiger partial charge in [-0.1, -0.05) is 84.9 Å². The van der Waals surface area contributed by atoms with Gasteiger partial charge >= 0.3 is 0 Å². The van der Waals surface area contributed by atoms with Crippen molar-refractivity contribution < 1.29 is 9.90 Å². The Labute approximate surface area is 165 Å². The summed E-state index contributed by atoms with van der Waals surface area (Å²) in [5, 5.41) is 13.7. The molecule has 0 bridgehead atoms. The van der Waals surface area contributed by atoms with Crippen molar-refractivity contribution in [3.63, 3.8) is 0 Å². The van der Waals surface area contributed by atoms with Gasteiger partial charge in [-0.05, 0) is 18.1 Å². The monoisotopic (exact) mass is 372 g/mol. The molecule has 3 aromatic carbocycles. The molecule has 28 heavy (non-hydrogen) atoms. The molecule has 0 aliphatic carbocycles. The van der Waals surface area contributed by atoms with Crippen molar-refractivity contribution in [2.45, 2.75) is 19.4 Å². The van der Waals surface area contributed by atoms with Crippen molar-refractivity contribution in [2.75, 3.05) is 5.73 Å². The van der Waals surface area contributed by atoms with Crippen LogP contribution < -0.4 is 11.1 Å². The number of nitrogens with one attached hydrogen (secondary N) is 1. The number of benzene rings is 3. The molecule has 0 fully saturated rings. The topological polar surface area (TPSA) is 75.3 Å². The van der Waals surface area contributed by atoms with Gasteiger partial charge in [0.05, 0.1) is 18.2 Å². The molecule has 4 N–H and O–H groups in total. The molecule has 0 aliphatic rings. The molecule has 0 aliphatic heterocycles. The summed E-state index contributed by atoms with van der Waals surface area (Å²) in [6, 6.07) is 20.4. The first kappa shape index (κ1) is 19.2. The van der Waals surface area contributed by atoms with Crippen molar-refractivity contribution in [1.82, 2.24) is 5.32 Å². The maximum atomic E-state index is 12.7. The van der Waals surface area contributed by atoms with E-state index in [4.69, 9.17) is 5.73 Å². The predicted molar refractivity (Wildman–Crippen MR) is 114 cm³/mol. The molecule has 4 heteroatoms. The van der Waals surface area contributed by atoms with Crippen LogP contribution in [0.15, 0.2) is 73.3 Å². The number of amides is 1. The summed E-state index contributed by atoms with van der Waals surface area (Å²) in [5.74, 6) is -0.175. The Morgan fingerprint density at radius 2 is 1.79 bits per heavy atom. The molecule has 1 atom stereocenters. The normalized spacial score (nSPS) is 11.6. The van der Waals surface area contributed by atoms with Crippen molar-refractivity contribution >= 4 is 17.7 Å². The summed E-state index contributed by atoms with van der Waals surface area (Å²) >= 11 is 0. The van der Waals surface area contributed by atoms with Gasteiger partial charge < -0.3 is 16.2 Å². The maximum Gasteiger partial charge on any atom is 0.225 e. The molecular formula is C24H24N2O2. The number of phenols is 1. The molecule has 142 valence electrons. The van der Waals surface area contributed by atoms with Gasteiger partial charge in [-0.25, -0.2) is 0 Å². The highest BCUT2D eigenvalue weighted by Gasteiger charge is 2.22. The second-order valence-corrected chi connectivity index (χ2v) is 6.78. The molecule has 0 saturated carbocycles. The second-order valence-electron chi connectivity index (χ2n) is 6.78. The molecule has 3 aromatic rings. The van der Waals surface area contributed by atoms with Crippen molar-refractivity contribution in [3.05, 3.63) is 101 Å². The molecule has 0 spiro atoms. The number of hydrogen-bond acceptors (Lipinski definition) is 3. The summed E-state index contributed by atoms with van der Waals surface area (Å²) in [4.78, 5) is 12.7. The van der Waals surface area contributed by atoms with E-state index in [2.05, 4.69) is 11.9 Å². The Balaban J connectivity index is 1.96. The van der Waals surface area contributed by atoms with Gasteiger partial charge in [0, 0.05) is 11.1 Å². The minimum absolute atomic E-state index is 0.0389. The van der Waals surface area contributed by atoms with Gasteiger partial charge in [0.25, 0.3) is 0 Å². The van der Waals surface area contributed by atoms with Crippen LogP contribution in [0.2, 0.25) is 0 Å². The number of carbonyl (C=O) groups excluding carboxylic acids is 1. The maximum absolute atomic E-state index is 12.7. The van der Waals surface area contributed by atoms with E-state index >= 15 is 0 Å². The number of hydrogen-bond donors (Lipinski definition) is 3. The van der Waals surface area contributed by atoms with Crippen molar-refractivity contribution in [1.29, 1.82) is 0 Å². The summed E-state index contributed by atoms with van der Waals surface area (Å²) < 4.78 is 0. The summed E-state index contributed by atoms with van der Waals surface area (Å²) in [6.45, 7) is 5.71. The fourth-order valence-corrected chi connectivity index (χ4v) is 3.14. The minimum Gasteiger partial charge on any atom is -0.505 e. The van der Waals surface area contributed by atoms with Crippen LogP contribution in [0.1, 0.15) is 33.9 Å². The van der Waals surface area contributed by atoms with Gasteiger partial charge in [0.1, 0.15) is 5.75 Å². The summed E-state index contributed by atoms with van der Waals surface area (Å²) in [7, 11) is 0. The fourth-order valence-electron chi connectivity index (χ4n) is 3.14. The molecule has 4 nitrogen and oxygen atoms in total. The number of nitrogens with two attached hydrogens (primary N) is 1. The third kappa shape index (κ3) is 4.23. The zero-order valence-corrected chi connectivity index (χ0v) is 15.9. The number of carbonyl (C=O) groups is 1. The van der Waals surface area contributed by atoms with Crippen LogP contribution in [0, 0.1) is 6.92 Å². The summed E-state index contributed by atoms with van der Waals surface area (Å²) in [6.07, 6.45) is 1.85. The number of nitrogen functional groups attached to an aromatic ring is 1. The number of rotatable bonds is 6. The van der Waals surface area contributed by atoms with E-state index in [1.165, 1.54) is 0 Å². The quantitative estimate of drug-likeness (QED) is 0.444. The van der Waals surface area contributed by atoms with Crippen molar-refractivity contribution in [3.8, 4) is 5.75 Å². The smallest absolute Gasteiger partial charge is 0.225 e. The fraction of sp³-hybridized carbons (Fsp3) is 0.125. The lowest BCUT2D eigenvalue weighted by molar-refractivity contribution is -0.120. The molecule has 1 amide bonds. The zero-order chi connectivity index (χ0) is 20.1. The number of anilines is 1. The number of aryl methyl sites for hydroxylation is 1. The van der Waals surface area contributed by atoms with E-state index in [-0.39, 0.29) is 23.8 Å². The molecular weight excluding hydrogens is 348 g/mol. The average molecular weight is 372 g/mol. The highest BCUT2D eigenvalue weighted by Crippen LogP contribution is 2.36.